The predicted molar refractivity (Wildman–Crippen MR) is 83.6 cm³/mol. The van der Waals surface area contributed by atoms with E-state index in [1.807, 2.05) is 24.3 Å². The molecule has 1 aliphatic heterocycles. The van der Waals surface area contributed by atoms with E-state index in [1.165, 1.54) is 6.07 Å². The highest BCUT2D eigenvalue weighted by Gasteiger charge is 2.32. The van der Waals surface area contributed by atoms with Gasteiger partial charge >= 0.3 is 0 Å². The fourth-order valence-electron chi connectivity index (χ4n) is 2.87. The van der Waals surface area contributed by atoms with Gasteiger partial charge in [-0.05, 0) is 36.6 Å². The van der Waals surface area contributed by atoms with Gasteiger partial charge in [0.05, 0.1) is 11.6 Å². The average Bonchev–Trinajstić information content (AvgIpc) is 2.97. The molecule has 3 rings (SSSR count). The third-order valence-corrected chi connectivity index (χ3v) is 4.60. The molecule has 0 saturated carbocycles. The monoisotopic (exact) mass is 347 g/mol. The minimum atomic E-state index is -0.458. The molecule has 1 fully saturated rings. The third-order valence-electron chi connectivity index (χ3n) is 3.88. The summed E-state index contributed by atoms with van der Waals surface area (Å²) in [6, 6.07) is 14.1. The van der Waals surface area contributed by atoms with E-state index >= 15 is 0 Å². The lowest BCUT2D eigenvalue weighted by molar-refractivity contribution is 0.0730. The molecule has 1 aliphatic rings. The lowest BCUT2D eigenvalue weighted by atomic mass is 10.0. The average molecular weight is 348 g/mol. The number of hydrogen-bond acceptors (Lipinski definition) is 1. The standard InChI is InChI=1S/C17H15BrFNO/c18-14-8-3-1-6-12(14)16-10-5-11-20(16)17(21)13-7-2-4-9-15(13)19/h1-4,6-9,16H,5,10-11H2. The van der Waals surface area contributed by atoms with Crippen LogP contribution in [0.25, 0.3) is 0 Å². The van der Waals surface area contributed by atoms with E-state index in [0.717, 1.165) is 22.9 Å². The summed E-state index contributed by atoms with van der Waals surface area (Å²) >= 11 is 3.54. The smallest absolute Gasteiger partial charge is 0.257 e. The third kappa shape index (κ3) is 2.72. The van der Waals surface area contributed by atoms with Crippen molar-refractivity contribution in [3.05, 3.63) is 69.9 Å². The Morgan fingerprint density at radius 3 is 2.62 bits per heavy atom. The second-order valence-corrected chi connectivity index (χ2v) is 6.01. The van der Waals surface area contributed by atoms with Gasteiger partial charge in [-0.1, -0.05) is 46.3 Å². The number of hydrogen-bond donors (Lipinski definition) is 0. The normalized spacial score (nSPS) is 18.0. The largest absolute Gasteiger partial charge is 0.331 e. The first-order valence-electron chi connectivity index (χ1n) is 6.98. The molecule has 0 aromatic heterocycles. The molecule has 1 heterocycles. The maximum atomic E-state index is 13.8. The minimum Gasteiger partial charge on any atom is -0.331 e. The van der Waals surface area contributed by atoms with E-state index in [1.54, 1.807) is 23.1 Å². The van der Waals surface area contributed by atoms with Gasteiger partial charge in [0.15, 0.2) is 0 Å². The van der Waals surface area contributed by atoms with Crippen molar-refractivity contribution in [2.45, 2.75) is 18.9 Å². The van der Waals surface area contributed by atoms with Crippen LogP contribution in [0.1, 0.15) is 34.8 Å². The lowest BCUT2D eigenvalue weighted by Crippen LogP contribution is -2.31. The van der Waals surface area contributed by atoms with E-state index in [0.29, 0.717) is 6.54 Å². The Bertz CT molecular complexity index is 673. The minimum absolute atomic E-state index is 0.00711. The number of likely N-dealkylation sites (tertiary alicyclic amines) is 1. The first kappa shape index (κ1) is 14.3. The Hall–Kier alpha value is -1.68. The highest BCUT2D eigenvalue weighted by atomic mass is 79.9. The van der Waals surface area contributed by atoms with Crippen LogP contribution in [0.2, 0.25) is 0 Å². The summed E-state index contributed by atoms with van der Waals surface area (Å²) in [7, 11) is 0. The summed E-state index contributed by atoms with van der Waals surface area (Å²) in [5.74, 6) is -0.688. The first-order chi connectivity index (χ1) is 10.2. The van der Waals surface area contributed by atoms with Gasteiger partial charge < -0.3 is 4.90 Å². The van der Waals surface area contributed by atoms with Gasteiger partial charge in [0.2, 0.25) is 0 Å². The molecule has 2 nitrogen and oxygen atoms in total. The van der Waals surface area contributed by atoms with Crippen molar-refractivity contribution >= 4 is 21.8 Å². The molecule has 0 spiro atoms. The zero-order valence-corrected chi connectivity index (χ0v) is 13.0. The van der Waals surface area contributed by atoms with Crippen LogP contribution in [0, 0.1) is 5.82 Å². The Balaban J connectivity index is 1.93. The number of benzene rings is 2. The molecule has 1 saturated heterocycles. The maximum absolute atomic E-state index is 13.8. The second-order valence-electron chi connectivity index (χ2n) is 5.16. The predicted octanol–water partition coefficient (Wildman–Crippen LogP) is 4.57. The van der Waals surface area contributed by atoms with Gasteiger partial charge in [0, 0.05) is 11.0 Å². The highest BCUT2D eigenvalue weighted by molar-refractivity contribution is 9.10. The molecule has 0 aliphatic carbocycles. The lowest BCUT2D eigenvalue weighted by Gasteiger charge is -2.26. The molecule has 4 heteroatoms. The highest BCUT2D eigenvalue weighted by Crippen LogP contribution is 2.36. The molecule has 1 unspecified atom stereocenters. The van der Waals surface area contributed by atoms with Crippen molar-refractivity contribution in [1.29, 1.82) is 0 Å². The topological polar surface area (TPSA) is 20.3 Å². The van der Waals surface area contributed by atoms with E-state index in [2.05, 4.69) is 15.9 Å². The zero-order valence-electron chi connectivity index (χ0n) is 11.4. The molecule has 0 N–H and O–H groups in total. The fraction of sp³-hybridized carbons (Fsp3) is 0.235. The summed E-state index contributed by atoms with van der Waals surface area (Å²) in [6.07, 6.45) is 1.84. The number of amides is 1. The Labute approximate surface area is 131 Å². The van der Waals surface area contributed by atoms with Crippen LogP contribution in [0.3, 0.4) is 0 Å². The molecule has 108 valence electrons. The molecular formula is C17H15BrFNO. The summed E-state index contributed by atoms with van der Waals surface area (Å²) in [5.41, 5.74) is 1.23. The number of nitrogens with zero attached hydrogens (tertiary/aromatic N) is 1. The van der Waals surface area contributed by atoms with E-state index < -0.39 is 5.82 Å². The van der Waals surface area contributed by atoms with Crippen LogP contribution in [0.4, 0.5) is 4.39 Å². The van der Waals surface area contributed by atoms with Crippen molar-refractivity contribution in [1.82, 2.24) is 4.90 Å². The Morgan fingerprint density at radius 2 is 1.86 bits per heavy atom. The molecule has 2 aromatic carbocycles. The maximum Gasteiger partial charge on any atom is 0.257 e. The van der Waals surface area contributed by atoms with Crippen LogP contribution < -0.4 is 0 Å². The summed E-state index contributed by atoms with van der Waals surface area (Å²) < 4.78 is 14.8. The Morgan fingerprint density at radius 1 is 1.14 bits per heavy atom. The quantitative estimate of drug-likeness (QED) is 0.779. The molecule has 1 amide bonds. The number of rotatable bonds is 2. The van der Waals surface area contributed by atoms with Gasteiger partial charge in [-0.2, -0.15) is 0 Å². The van der Waals surface area contributed by atoms with E-state index in [-0.39, 0.29) is 17.5 Å². The molecule has 21 heavy (non-hydrogen) atoms. The van der Waals surface area contributed by atoms with E-state index in [9.17, 15) is 9.18 Å². The fourth-order valence-corrected chi connectivity index (χ4v) is 3.42. The zero-order chi connectivity index (χ0) is 14.8. The van der Waals surface area contributed by atoms with Crippen LogP contribution in [-0.2, 0) is 0 Å². The van der Waals surface area contributed by atoms with Gasteiger partial charge in [-0.25, -0.2) is 4.39 Å². The van der Waals surface area contributed by atoms with Crippen LogP contribution in [0.5, 0.6) is 0 Å². The molecule has 1 atom stereocenters. The van der Waals surface area contributed by atoms with Crippen molar-refractivity contribution in [3.63, 3.8) is 0 Å². The first-order valence-corrected chi connectivity index (χ1v) is 7.77. The van der Waals surface area contributed by atoms with E-state index in [4.69, 9.17) is 0 Å². The number of halogens is 2. The van der Waals surface area contributed by atoms with Crippen molar-refractivity contribution < 1.29 is 9.18 Å². The second kappa shape index (κ2) is 5.98. The van der Waals surface area contributed by atoms with Gasteiger partial charge in [0.25, 0.3) is 5.91 Å². The van der Waals surface area contributed by atoms with Gasteiger partial charge in [-0.15, -0.1) is 0 Å². The molecule has 2 aromatic rings. The van der Waals surface area contributed by atoms with Crippen molar-refractivity contribution in [3.8, 4) is 0 Å². The van der Waals surface area contributed by atoms with Crippen LogP contribution >= 0.6 is 15.9 Å². The summed E-state index contributed by atoms with van der Waals surface area (Å²) in [4.78, 5) is 14.4. The SMILES string of the molecule is O=C(c1ccccc1F)N1CCCC1c1ccccc1Br. The number of carbonyl (C=O) groups is 1. The van der Waals surface area contributed by atoms with Crippen LogP contribution in [0.15, 0.2) is 53.0 Å². The van der Waals surface area contributed by atoms with Gasteiger partial charge in [-0.3, -0.25) is 4.79 Å². The van der Waals surface area contributed by atoms with Gasteiger partial charge in [0.1, 0.15) is 5.82 Å². The van der Waals surface area contributed by atoms with Crippen molar-refractivity contribution in [2.75, 3.05) is 6.54 Å². The molecular weight excluding hydrogens is 333 g/mol. The molecule has 0 radical (unpaired) electrons. The number of carbonyl (C=O) groups excluding carboxylic acids is 1. The molecule has 0 bridgehead atoms. The van der Waals surface area contributed by atoms with Crippen LogP contribution in [-0.4, -0.2) is 17.4 Å². The summed E-state index contributed by atoms with van der Waals surface area (Å²) in [6.45, 7) is 0.666. The summed E-state index contributed by atoms with van der Waals surface area (Å²) in [5, 5.41) is 0. The van der Waals surface area contributed by atoms with Crippen molar-refractivity contribution in [2.24, 2.45) is 0 Å². The Kier molecular flexibility index (Phi) is 4.06.